The van der Waals surface area contributed by atoms with Crippen LogP contribution in [0.5, 0.6) is 0 Å². The number of rotatable bonds is 3. The summed E-state index contributed by atoms with van der Waals surface area (Å²) in [5.41, 5.74) is 0.838. The van der Waals surface area contributed by atoms with Crippen LogP contribution in [0.2, 0.25) is 0 Å². The minimum Gasteiger partial charge on any atom is -0.480 e. The lowest BCUT2D eigenvalue weighted by atomic mass is 10.3. The Bertz CT molecular complexity index is 602. The Kier molecular flexibility index (Phi) is 2.14. The highest BCUT2D eigenvalue weighted by Gasteiger charge is 2.30. The molecule has 0 amide bonds. The molecule has 0 spiro atoms. The van der Waals surface area contributed by atoms with Crippen LogP contribution >= 0.6 is 0 Å². The zero-order valence-corrected chi connectivity index (χ0v) is 9.06. The second-order valence-corrected chi connectivity index (χ2v) is 4.33. The van der Waals surface area contributed by atoms with Crippen LogP contribution in [0.25, 0.3) is 11.0 Å². The molecular weight excluding hydrogens is 223 g/mol. The minimum absolute atomic E-state index is 0.233. The lowest BCUT2D eigenvalue weighted by molar-refractivity contribution is -0.137. The van der Waals surface area contributed by atoms with E-state index in [1.807, 2.05) is 0 Å². The molecule has 1 aliphatic rings. The molecule has 3 rings (SSSR count). The van der Waals surface area contributed by atoms with E-state index >= 15 is 0 Å². The number of hydrogen-bond acceptors (Lipinski definition) is 2. The van der Waals surface area contributed by atoms with Crippen molar-refractivity contribution in [2.75, 3.05) is 0 Å². The van der Waals surface area contributed by atoms with Gasteiger partial charge in [-0.2, -0.15) is 0 Å². The lowest BCUT2D eigenvalue weighted by Gasteiger charge is -2.05. The number of hydrogen-bond donors (Lipinski definition) is 1. The number of nitrogens with zero attached hydrogens (tertiary/aromatic N) is 2. The molecule has 5 heteroatoms. The van der Waals surface area contributed by atoms with E-state index in [1.165, 1.54) is 10.6 Å². The summed E-state index contributed by atoms with van der Waals surface area (Å²) in [6.07, 6.45) is 2.01. The van der Waals surface area contributed by atoms with Crippen molar-refractivity contribution in [3.8, 4) is 0 Å². The maximum atomic E-state index is 13.7. The molecule has 1 saturated carbocycles. The van der Waals surface area contributed by atoms with Crippen LogP contribution < -0.4 is 0 Å². The summed E-state index contributed by atoms with van der Waals surface area (Å²) in [6, 6.07) is 4.63. The van der Waals surface area contributed by atoms with Crippen molar-refractivity contribution < 1.29 is 14.3 Å². The number of carbonyl (C=O) groups is 1. The van der Waals surface area contributed by atoms with Crippen LogP contribution in [0.4, 0.5) is 4.39 Å². The highest BCUT2D eigenvalue weighted by molar-refractivity contribution is 5.79. The molecule has 0 atom stereocenters. The van der Waals surface area contributed by atoms with Gasteiger partial charge in [0.05, 0.1) is 5.52 Å². The second kappa shape index (κ2) is 3.55. The summed E-state index contributed by atoms with van der Waals surface area (Å²) >= 11 is 0. The number of para-hydroxylation sites is 1. The Balaban J connectivity index is 2.24. The molecule has 1 heterocycles. The predicted molar refractivity (Wildman–Crippen MR) is 59.3 cm³/mol. The Morgan fingerprint density at radius 3 is 2.94 bits per heavy atom. The van der Waals surface area contributed by atoms with Gasteiger partial charge in [-0.15, -0.1) is 0 Å². The highest BCUT2D eigenvalue weighted by Crippen LogP contribution is 2.40. The number of benzene rings is 1. The van der Waals surface area contributed by atoms with Crippen molar-refractivity contribution in [3.05, 3.63) is 29.8 Å². The SMILES string of the molecule is O=C(O)Cn1c(C2CC2)nc2cccc(F)c21. The van der Waals surface area contributed by atoms with Gasteiger partial charge in [0.15, 0.2) is 0 Å². The number of halogens is 1. The monoisotopic (exact) mass is 234 g/mol. The third-order valence-corrected chi connectivity index (χ3v) is 2.98. The average molecular weight is 234 g/mol. The predicted octanol–water partition coefficient (Wildman–Crippen LogP) is 2.14. The lowest BCUT2D eigenvalue weighted by Crippen LogP contribution is -2.12. The third-order valence-electron chi connectivity index (χ3n) is 2.98. The van der Waals surface area contributed by atoms with E-state index in [4.69, 9.17) is 5.11 Å². The summed E-state index contributed by atoms with van der Waals surface area (Å²) in [5.74, 6) is -0.397. The number of carboxylic acids is 1. The molecule has 0 bridgehead atoms. The van der Waals surface area contributed by atoms with Crippen LogP contribution in [-0.4, -0.2) is 20.6 Å². The molecule has 0 aliphatic heterocycles. The van der Waals surface area contributed by atoms with Gasteiger partial charge in [-0.3, -0.25) is 4.79 Å². The first-order valence-electron chi connectivity index (χ1n) is 5.53. The Morgan fingerprint density at radius 2 is 2.29 bits per heavy atom. The van der Waals surface area contributed by atoms with Crippen molar-refractivity contribution in [2.45, 2.75) is 25.3 Å². The van der Waals surface area contributed by atoms with E-state index in [2.05, 4.69) is 4.98 Å². The van der Waals surface area contributed by atoms with Crippen molar-refractivity contribution in [1.82, 2.24) is 9.55 Å². The van der Waals surface area contributed by atoms with Gasteiger partial charge in [0.2, 0.25) is 0 Å². The maximum Gasteiger partial charge on any atom is 0.323 e. The van der Waals surface area contributed by atoms with E-state index < -0.39 is 11.8 Å². The first-order valence-corrected chi connectivity index (χ1v) is 5.53. The Hall–Kier alpha value is -1.91. The largest absolute Gasteiger partial charge is 0.480 e. The molecule has 2 aromatic rings. The van der Waals surface area contributed by atoms with Gasteiger partial charge >= 0.3 is 5.97 Å². The van der Waals surface area contributed by atoms with Crippen LogP contribution in [0.3, 0.4) is 0 Å². The third kappa shape index (κ3) is 1.67. The van der Waals surface area contributed by atoms with E-state index in [1.54, 1.807) is 12.1 Å². The van der Waals surface area contributed by atoms with Crippen molar-refractivity contribution in [2.24, 2.45) is 0 Å². The molecule has 0 unspecified atom stereocenters. The van der Waals surface area contributed by atoms with E-state index in [-0.39, 0.29) is 6.54 Å². The Morgan fingerprint density at radius 1 is 1.53 bits per heavy atom. The topological polar surface area (TPSA) is 55.1 Å². The molecule has 1 aromatic carbocycles. The van der Waals surface area contributed by atoms with Gasteiger partial charge in [0, 0.05) is 5.92 Å². The maximum absolute atomic E-state index is 13.7. The van der Waals surface area contributed by atoms with Crippen LogP contribution in [0.1, 0.15) is 24.6 Å². The summed E-state index contributed by atoms with van der Waals surface area (Å²) in [7, 11) is 0. The number of carboxylic acid groups (broad SMARTS) is 1. The van der Waals surface area contributed by atoms with Gasteiger partial charge < -0.3 is 9.67 Å². The van der Waals surface area contributed by atoms with Crippen molar-refractivity contribution in [3.63, 3.8) is 0 Å². The molecule has 1 fully saturated rings. The molecule has 0 saturated heterocycles. The Labute approximate surface area is 96.7 Å². The average Bonchev–Trinajstić information content (AvgIpc) is 3.03. The van der Waals surface area contributed by atoms with Crippen LogP contribution in [0.15, 0.2) is 18.2 Å². The highest BCUT2D eigenvalue weighted by atomic mass is 19.1. The van der Waals surface area contributed by atoms with Crippen molar-refractivity contribution in [1.29, 1.82) is 0 Å². The van der Waals surface area contributed by atoms with E-state index in [0.29, 0.717) is 22.8 Å². The van der Waals surface area contributed by atoms with Crippen molar-refractivity contribution >= 4 is 17.0 Å². The smallest absolute Gasteiger partial charge is 0.323 e. The van der Waals surface area contributed by atoms with Gasteiger partial charge in [0.25, 0.3) is 0 Å². The zero-order chi connectivity index (χ0) is 12.0. The molecule has 17 heavy (non-hydrogen) atoms. The fourth-order valence-corrected chi connectivity index (χ4v) is 2.11. The molecule has 0 radical (unpaired) electrons. The summed E-state index contributed by atoms with van der Waals surface area (Å²) in [5, 5.41) is 8.89. The fraction of sp³-hybridized carbons (Fsp3) is 0.333. The first-order chi connectivity index (χ1) is 8.16. The molecular formula is C12H11FN2O2. The van der Waals surface area contributed by atoms with Gasteiger partial charge in [-0.25, -0.2) is 9.37 Å². The first kappa shape index (κ1) is 10.3. The number of aliphatic carboxylic acids is 1. The van der Waals surface area contributed by atoms with E-state index in [0.717, 1.165) is 12.8 Å². The standard InChI is InChI=1S/C12H11FN2O2/c13-8-2-1-3-9-11(8)15(6-10(16)17)12(14-9)7-4-5-7/h1-3,7H,4-6H2,(H,16,17). The zero-order valence-electron chi connectivity index (χ0n) is 9.06. The molecule has 1 aromatic heterocycles. The summed E-state index contributed by atoms with van der Waals surface area (Å²) < 4.78 is 15.2. The molecule has 1 aliphatic carbocycles. The number of imidazole rings is 1. The number of fused-ring (bicyclic) bond motifs is 1. The summed E-state index contributed by atoms with van der Waals surface area (Å²) in [6.45, 7) is -0.233. The quantitative estimate of drug-likeness (QED) is 0.885. The van der Waals surface area contributed by atoms with Crippen LogP contribution in [0, 0.1) is 5.82 Å². The number of aromatic nitrogens is 2. The van der Waals surface area contributed by atoms with Gasteiger partial charge in [0.1, 0.15) is 23.7 Å². The van der Waals surface area contributed by atoms with Gasteiger partial charge in [-0.05, 0) is 25.0 Å². The van der Waals surface area contributed by atoms with Crippen LogP contribution in [-0.2, 0) is 11.3 Å². The molecule has 1 N–H and O–H groups in total. The summed E-state index contributed by atoms with van der Waals surface area (Å²) in [4.78, 5) is 15.2. The molecule has 88 valence electrons. The fourth-order valence-electron chi connectivity index (χ4n) is 2.11. The minimum atomic E-state index is -0.977. The van der Waals surface area contributed by atoms with E-state index in [9.17, 15) is 9.18 Å². The second-order valence-electron chi connectivity index (χ2n) is 4.33. The normalized spacial score (nSPS) is 15.4. The molecule has 4 nitrogen and oxygen atoms in total. The van der Waals surface area contributed by atoms with Gasteiger partial charge in [-0.1, -0.05) is 6.07 Å².